The summed E-state index contributed by atoms with van der Waals surface area (Å²) in [7, 11) is 0. The van der Waals surface area contributed by atoms with E-state index in [-0.39, 0.29) is 18.1 Å². The van der Waals surface area contributed by atoms with Gasteiger partial charge in [0.2, 0.25) is 0 Å². The first-order chi connectivity index (χ1) is 11.6. The number of aromatic amines is 1. The lowest BCUT2D eigenvalue weighted by molar-refractivity contribution is -0.103. The maximum Gasteiger partial charge on any atom is 0.109 e. The summed E-state index contributed by atoms with van der Waals surface area (Å²) in [5.41, 5.74) is 3.41. The number of ether oxygens (including phenoxy) is 1. The van der Waals surface area contributed by atoms with Crippen LogP contribution >= 0.6 is 0 Å². The van der Waals surface area contributed by atoms with Crippen molar-refractivity contribution in [3.63, 3.8) is 0 Å². The quantitative estimate of drug-likeness (QED) is 0.819. The van der Waals surface area contributed by atoms with Gasteiger partial charge >= 0.3 is 0 Å². The third kappa shape index (κ3) is 2.99. The molecular weight excluding hydrogens is 300 g/mol. The van der Waals surface area contributed by atoms with Crippen molar-refractivity contribution in [3.05, 3.63) is 35.5 Å². The lowest BCUT2D eigenvalue weighted by Gasteiger charge is -2.42. The van der Waals surface area contributed by atoms with Crippen molar-refractivity contribution in [2.45, 2.75) is 39.2 Å². The summed E-state index contributed by atoms with van der Waals surface area (Å²) in [6.07, 6.45) is 1.70. The zero-order chi connectivity index (χ0) is 17.2. The molecule has 4 heteroatoms. The van der Waals surface area contributed by atoms with Crippen LogP contribution in [0.2, 0.25) is 0 Å². The Morgan fingerprint density at radius 1 is 1.29 bits per heavy atom. The fourth-order valence-corrected chi connectivity index (χ4v) is 4.13. The van der Waals surface area contributed by atoms with E-state index in [1.54, 1.807) is 0 Å². The van der Waals surface area contributed by atoms with Gasteiger partial charge in [-0.1, -0.05) is 32.0 Å². The van der Waals surface area contributed by atoms with Crippen molar-refractivity contribution in [1.82, 2.24) is 9.88 Å². The first-order valence-electron chi connectivity index (χ1n) is 9.21. The molecule has 3 rings (SSSR count). The van der Waals surface area contributed by atoms with Crippen molar-refractivity contribution in [2.75, 3.05) is 32.8 Å². The average molecular weight is 330 g/mol. The molecule has 1 aliphatic heterocycles. The van der Waals surface area contributed by atoms with Gasteiger partial charge in [-0.3, -0.25) is 0 Å². The second-order valence-electron chi connectivity index (χ2n) is 6.92. The molecule has 1 aromatic heterocycles. The normalized spacial score (nSPS) is 22.0. The molecule has 2 unspecified atom stereocenters. The molecule has 2 N–H and O–H groups in total. The van der Waals surface area contributed by atoms with Gasteiger partial charge < -0.3 is 19.7 Å². The number of aliphatic hydroxyl groups excluding tert-OH is 1. The number of H-pyrrole nitrogens is 1. The smallest absolute Gasteiger partial charge is 0.109 e. The number of aliphatic hydroxyl groups is 1. The van der Waals surface area contributed by atoms with E-state index in [2.05, 4.69) is 54.9 Å². The molecule has 0 spiro atoms. The number of nitrogens with one attached hydrogen (secondary N) is 1. The molecule has 2 aromatic rings. The SMILES string of the molecule is CCN(CC)CC(CCO)C1(C)OCCc2c1[nH]c1ccccc21. The molecule has 24 heavy (non-hydrogen) atoms. The molecule has 1 aromatic carbocycles. The van der Waals surface area contributed by atoms with Crippen molar-refractivity contribution in [3.8, 4) is 0 Å². The molecule has 0 saturated carbocycles. The minimum absolute atomic E-state index is 0.195. The van der Waals surface area contributed by atoms with Gasteiger partial charge in [-0.15, -0.1) is 0 Å². The first kappa shape index (κ1) is 17.5. The highest BCUT2D eigenvalue weighted by molar-refractivity contribution is 5.85. The second kappa shape index (κ2) is 7.26. The predicted octanol–water partition coefficient (Wildman–Crippen LogP) is 3.30. The zero-order valence-electron chi connectivity index (χ0n) is 15.1. The third-order valence-electron chi connectivity index (χ3n) is 5.69. The summed E-state index contributed by atoms with van der Waals surface area (Å²) in [6.45, 7) is 10.5. The van der Waals surface area contributed by atoms with E-state index >= 15 is 0 Å². The van der Waals surface area contributed by atoms with Crippen LogP contribution in [-0.4, -0.2) is 47.8 Å². The van der Waals surface area contributed by atoms with Crippen LogP contribution in [0.3, 0.4) is 0 Å². The summed E-state index contributed by atoms with van der Waals surface area (Å²) >= 11 is 0. The van der Waals surface area contributed by atoms with Crippen LogP contribution in [0.25, 0.3) is 10.9 Å². The van der Waals surface area contributed by atoms with Crippen LogP contribution in [0, 0.1) is 5.92 Å². The molecule has 0 fully saturated rings. The van der Waals surface area contributed by atoms with Gasteiger partial charge in [0, 0.05) is 30.0 Å². The van der Waals surface area contributed by atoms with Gasteiger partial charge in [0.05, 0.1) is 12.3 Å². The highest BCUT2D eigenvalue weighted by atomic mass is 16.5. The van der Waals surface area contributed by atoms with Gasteiger partial charge in [0.25, 0.3) is 0 Å². The van der Waals surface area contributed by atoms with Gasteiger partial charge in [-0.2, -0.15) is 0 Å². The Bertz CT molecular complexity index is 677. The molecule has 2 heterocycles. The highest BCUT2D eigenvalue weighted by Crippen LogP contribution is 2.42. The molecule has 2 atom stereocenters. The van der Waals surface area contributed by atoms with Gasteiger partial charge in [0.15, 0.2) is 0 Å². The zero-order valence-corrected chi connectivity index (χ0v) is 15.1. The monoisotopic (exact) mass is 330 g/mol. The molecule has 4 nitrogen and oxygen atoms in total. The van der Waals surface area contributed by atoms with Gasteiger partial charge in [-0.05, 0) is 44.5 Å². The molecule has 0 bridgehead atoms. The Morgan fingerprint density at radius 2 is 2.04 bits per heavy atom. The van der Waals surface area contributed by atoms with Crippen molar-refractivity contribution in [1.29, 1.82) is 0 Å². The summed E-state index contributed by atoms with van der Waals surface area (Å²) in [5.74, 6) is 0.259. The second-order valence-corrected chi connectivity index (χ2v) is 6.92. The number of benzene rings is 1. The molecule has 132 valence electrons. The predicted molar refractivity (Wildman–Crippen MR) is 98.3 cm³/mol. The third-order valence-corrected chi connectivity index (χ3v) is 5.69. The molecule has 0 saturated heterocycles. The number of rotatable bonds is 7. The van der Waals surface area contributed by atoms with Crippen molar-refractivity contribution < 1.29 is 9.84 Å². The van der Waals surface area contributed by atoms with Crippen LogP contribution in [0.15, 0.2) is 24.3 Å². The topological polar surface area (TPSA) is 48.5 Å². The number of nitrogens with zero attached hydrogens (tertiary/aromatic N) is 1. The average Bonchev–Trinajstić information content (AvgIpc) is 2.99. The Morgan fingerprint density at radius 3 is 2.75 bits per heavy atom. The number of aromatic nitrogens is 1. The van der Waals surface area contributed by atoms with E-state index in [9.17, 15) is 5.11 Å². The minimum Gasteiger partial charge on any atom is -0.396 e. The standard InChI is InChI=1S/C20H30N2O2/c1-4-22(5-2)14-15(10-12-23)20(3)19-17(11-13-24-20)16-8-6-7-9-18(16)21-19/h6-9,15,21,23H,4-5,10-14H2,1-3H3. The van der Waals surface area contributed by atoms with E-state index in [0.29, 0.717) is 0 Å². The molecular formula is C20H30N2O2. The summed E-state index contributed by atoms with van der Waals surface area (Å²) in [4.78, 5) is 6.05. The fourth-order valence-electron chi connectivity index (χ4n) is 4.13. The Labute approximate surface area is 144 Å². The fraction of sp³-hybridized carbons (Fsp3) is 0.600. The Balaban J connectivity index is 2.02. The molecule has 0 amide bonds. The van der Waals surface area contributed by atoms with E-state index < -0.39 is 0 Å². The summed E-state index contributed by atoms with van der Waals surface area (Å²) < 4.78 is 6.36. The van der Waals surface area contributed by atoms with E-state index in [4.69, 9.17) is 4.74 Å². The van der Waals surface area contributed by atoms with E-state index in [1.165, 1.54) is 22.2 Å². The van der Waals surface area contributed by atoms with Crippen LogP contribution in [0.5, 0.6) is 0 Å². The first-order valence-corrected chi connectivity index (χ1v) is 9.21. The van der Waals surface area contributed by atoms with Gasteiger partial charge in [-0.25, -0.2) is 0 Å². The number of para-hydroxylation sites is 1. The summed E-state index contributed by atoms with van der Waals surface area (Å²) in [6, 6.07) is 8.51. The summed E-state index contributed by atoms with van der Waals surface area (Å²) in [5, 5.41) is 11.0. The van der Waals surface area contributed by atoms with E-state index in [1.807, 2.05) is 0 Å². The van der Waals surface area contributed by atoms with Crippen LogP contribution in [0.4, 0.5) is 0 Å². The van der Waals surface area contributed by atoms with Crippen molar-refractivity contribution in [2.24, 2.45) is 5.92 Å². The maximum absolute atomic E-state index is 9.64. The van der Waals surface area contributed by atoms with E-state index in [0.717, 1.165) is 39.1 Å². The lowest BCUT2D eigenvalue weighted by atomic mass is 9.79. The number of hydrogen-bond acceptors (Lipinski definition) is 3. The Hall–Kier alpha value is -1.36. The van der Waals surface area contributed by atoms with Crippen LogP contribution < -0.4 is 0 Å². The molecule has 1 aliphatic rings. The molecule has 0 aliphatic carbocycles. The van der Waals surface area contributed by atoms with Gasteiger partial charge in [0.1, 0.15) is 5.60 Å². The van der Waals surface area contributed by atoms with Crippen LogP contribution in [0.1, 0.15) is 38.4 Å². The maximum atomic E-state index is 9.64. The van der Waals surface area contributed by atoms with Crippen LogP contribution in [-0.2, 0) is 16.8 Å². The van der Waals surface area contributed by atoms with Crippen molar-refractivity contribution >= 4 is 10.9 Å². The minimum atomic E-state index is -0.377. The highest BCUT2D eigenvalue weighted by Gasteiger charge is 2.42. The number of fused-ring (bicyclic) bond motifs is 3. The largest absolute Gasteiger partial charge is 0.396 e. The molecule has 0 radical (unpaired) electrons. The number of hydrogen-bond donors (Lipinski definition) is 2. The lowest BCUT2D eigenvalue weighted by Crippen LogP contribution is -2.45. The Kier molecular flexibility index (Phi) is 5.28.